The lowest BCUT2D eigenvalue weighted by atomic mass is 10.0. The molecule has 0 saturated carbocycles. The van der Waals surface area contributed by atoms with Crippen molar-refractivity contribution in [1.29, 1.82) is 0 Å². The molecule has 0 spiro atoms. The molecule has 0 radical (unpaired) electrons. The van der Waals surface area contributed by atoms with Gasteiger partial charge in [-0.25, -0.2) is 4.39 Å². The summed E-state index contributed by atoms with van der Waals surface area (Å²) in [5.74, 6) is -0.423. The lowest BCUT2D eigenvalue weighted by molar-refractivity contribution is -0.131. The zero-order valence-electron chi connectivity index (χ0n) is 13.3. The van der Waals surface area contributed by atoms with Crippen LogP contribution in [0.1, 0.15) is 19.4 Å². The van der Waals surface area contributed by atoms with Crippen LogP contribution in [0.15, 0.2) is 51.9 Å². The molecule has 24 heavy (non-hydrogen) atoms. The van der Waals surface area contributed by atoms with E-state index in [0.717, 1.165) is 5.56 Å². The first-order valence-corrected chi connectivity index (χ1v) is 7.52. The molecule has 0 bridgehead atoms. The predicted molar refractivity (Wildman–Crippen MR) is 88.6 cm³/mol. The SMILES string of the molecule is CCc1cc2c(=O)c(-c3ccc(F)cc3)coc2cc1OC(C)=O. The summed E-state index contributed by atoms with van der Waals surface area (Å²) < 4.78 is 23.8. The van der Waals surface area contributed by atoms with E-state index < -0.39 is 5.97 Å². The topological polar surface area (TPSA) is 56.5 Å². The third-order valence-electron chi connectivity index (χ3n) is 3.75. The Labute approximate surface area is 137 Å². The van der Waals surface area contributed by atoms with Gasteiger partial charge in [-0.1, -0.05) is 19.1 Å². The van der Waals surface area contributed by atoms with E-state index in [1.165, 1.54) is 37.5 Å². The molecule has 3 rings (SSSR count). The van der Waals surface area contributed by atoms with Crippen LogP contribution in [-0.4, -0.2) is 5.97 Å². The molecule has 5 heteroatoms. The first-order valence-electron chi connectivity index (χ1n) is 7.52. The minimum atomic E-state index is -0.436. The van der Waals surface area contributed by atoms with E-state index in [1.807, 2.05) is 6.92 Å². The molecule has 0 atom stereocenters. The van der Waals surface area contributed by atoms with Crippen molar-refractivity contribution in [3.63, 3.8) is 0 Å². The second kappa shape index (κ2) is 6.28. The van der Waals surface area contributed by atoms with Crippen LogP contribution < -0.4 is 10.2 Å². The number of esters is 1. The molecule has 0 N–H and O–H groups in total. The van der Waals surface area contributed by atoms with Crippen molar-refractivity contribution >= 4 is 16.9 Å². The lowest BCUT2D eigenvalue weighted by Gasteiger charge is -2.09. The van der Waals surface area contributed by atoms with Crippen molar-refractivity contribution in [3.05, 3.63) is 64.3 Å². The fourth-order valence-electron chi connectivity index (χ4n) is 2.56. The van der Waals surface area contributed by atoms with Crippen LogP contribution in [0.3, 0.4) is 0 Å². The molecule has 4 nitrogen and oxygen atoms in total. The molecule has 0 saturated heterocycles. The molecule has 0 amide bonds. The van der Waals surface area contributed by atoms with E-state index in [9.17, 15) is 14.0 Å². The van der Waals surface area contributed by atoms with Gasteiger partial charge in [-0.3, -0.25) is 9.59 Å². The van der Waals surface area contributed by atoms with E-state index in [2.05, 4.69) is 0 Å². The maximum absolute atomic E-state index is 13.1. The van der Waals surface area contributed by atoms with Crippen LogP contribution in [0, 0.1) is 5.82 Å². The zero-order chi connectivity index (χ0) is 17.3. The van der Waals surface area contributed by atoms with Crippen molar-refractivity contribution in [1.82, 2.24) is 0 Å². The number of hydrogen-bond donors (Lipinski definition) is 0. The summed E-state index contributed by atoms with van der Waals surface area (Å²) in [6, 6.07) is 8.86. The number of halogens is 1. The Balaban J connectivity index is 2.20. The second-order valence-electron chi connectivity index (χ2n) is 5.39. The standard InChI is InChI=1S/C19H15FO4/c1-3-12-8-15-18(9-17(12)24-11(2)21)23-10-16(19(15)22)13-4-6-14(20)7-5-13/h4-10H,3H2,1-2H3. The quantitative estimate of drug-likeness (QED) is 0.537. The maximum Gasteiger partial charge on any atom is 0.308 e. The molecule has 3 aromatic rings. The third kappa shape index (κ3) is 2.93. The highest BCUT2D eigenvalue weighted by molar-refractivity contribution is 5.84. The Morgan fingerprint density at radius 1 is 1.21 bits per heavy atom. The van der Waals surface area contributed by atoms with Crippen LogP contribution >= 0.6 is 0 Å². The molecule has 1 heterocycles. The number of fused-ring (bicyclic) bond motifs is 1. The van der Waals surface area contributed by atoms with Crippen molar-refractivity contribution < 1.29 is 18.3 Å². The van der Waals surface area contributed by atoms with E-state index in [4.69, 9.17) is 9.15 Å². The second-order valence-corrected chi connectivity index (χ2v) is 5.39. The predicted octanol–water partition coefficient (Wildman–Crippen LogP) is 4.09. The van der Waals surface area contributed by atoms with Gasteiger partial charge in [0.15, 0.2) is 0 Å². The van der Waals surface area contributed by atoms with Crippen molar-refractivity contribution in [3.8, 4) is 16.9 Å². The van der Waals surface area contributed by atoms with Gasteiger partial charge in [0.1, 0.15) is 23.4 Å². The molecule has 0 fully saturated rings. The Morgan fingerprint density at radius 3 is 2.54 bits per heavy atom. The highest BCUT2D eigenvalue weighted by atomic mass is 19.1. The number of rotatable bonds is 3. The molecular weight excluding hydrogens is 311 g/mol. The first kappa shape index (κ1) is 15.9. The fraction of sp³-hybridized carbons (Fsp3) is 0.158. The Morgan fingerprint density at radius 2 is 1.92 bits per heavy atom. The number of ether oxygens (including phenoxy) is 1. The zero-order valence-corrected chi connectivity index (χ0v) is 13.3. The number of hydrogen-bond acceptors (Lipinski definition) is 4. The summed E-state index contributed by atoms with van der Waals surface area (Å²) in [6.45, 7) is 3.22. The first-order chi connectivity index (χ1) is 11.5. The minimum absolute atomic E-state index is 0.216. The van der Waals surface area contributed by atoms with Crippen molar-refractivity contribution in [2.75, 3.05) is 0 Å². The monoisotopic (exact) mass is 326 g/mol. The largest absolute Gasteiger partial charge is 0.463 e. The van der Waals surface area contributed by atoms with Crippen LogP contribution in [0.4, 0.5) is 4.39 Å². The number of carbonyl (C=O) groups excluding carboxylic acids is 1. The normalized spacial score (nSPS) is 10.8. The average molecular weight is 326 g/mol. The summed E-state index contributed by atoms with van der Waals surface area (Å²) in [5.41, 5.74) is 1.78. The van der Waals surface area contributed by atoms with Gasteiger partial charge in [0, 0.05) is 13.0 Å². The maximum atomic E-state index is 13.1. The molecule has 0 aliphatic heterocycles. The van der Waals surface area contributed by atoms with Gasteiger partial charge < -0.3 is 9.15 Å². The summed E-state index contributed by atoms with van der Waals surface area (Å²) >= 11 is 0. The van der Waals surface area contributed by atoms with Gasteiger partial charge in [0.2, 0.25) is 5.43 Å². The summed E-state index contributed by atoms with van der Waals surface area (Å²) in [4.78, 5) is 24.0. The number of aryl methyl sites for hydroxylation is 1. The Hall–Kier alpha value is -2.95. The highest BCUT2D eigenvalue weighted by Crippen LogP contribution is 2.27. The molecule has 0 aliphatic carbocycles. The van der Waals surface area contributed by atoms with Gasteiger partial charge in [-0.15, -0.1) is 0 Å². The minimum Gasteiger partial charge on any atom is -0.463 e. The smallest absolute Gasteiger partial charge is 0.308 e. The molecule has 122 valence electrons. The van der Waals surface area contributed by atoms with Gasteiger partial charge in [-0.05, 0) is 35.7 Å². The van der Waals surface area contributed by atoms with Gasteiger partial charge in [-0.2, -0.15) is 0 Å². The van der Waals surface area contributed by atoms with Gasteiger partial charge in [0.05, 0.1) is 10.9 Å². The van der Waals surface area contributed by atoms with Crippen LogP contribution in [0.5, 0.6) is 5.75 Å². The lowest BCUT2D eigenvalue weighted by Crippen LogP contribution is -2.08. The molecular formula is C19H15FO4. The Kier molecular flexibility index (Phi) is 4.16. The summed E-state index contributed by atoms with van der Waals surface area (Å²) in [6.07, 6.45) is 1.93. The van der Waals surface area contributed by atoms with E-state index in [1.54, 1.807) is 12.1 Å². The molecule has 0 unspecified atom stereocenters. The van der Waals surface area contributed by atoms with Crippen molar-refractivity contribution in [2.45, 2.75) is 20.3 Å². The highest BCUT2D eigenvalue weighted by Gasteiger charge is 2.14. The summed E-state index contributed by atoms with van der Waals surface area (Å²) in [5, 5.41) is 0.393. The van der Waals surface area contributed by atoms with E-state index >= 15 is 0 Å². The van der Waals surface area contributed by atoms with Gasteiger partial charge in [0.25, 0.3) is 0 Å². The van der Waals surface area contributed by atoms with Crippen LogP contribution in [0.2, 0.25) is 0 Å². The molecule has 2 aromatic carbocycles. The van der Waals surface area contributed by atoms with E-state index in [-0.39, 0.29) is 11.2 Å². The fourth-order valence-corrected chi connectivity index (χ4v) is 2.56. The average Bonchev–Trinajstić information content (AvgIpc) is 2.55. The third-order valence-corrected chi connectivity index (χ3v) is 3.75. The number of carbonyl (C=O) groups is 1. The van der Waals surface area contributed by atoms with Crippen LogP contribution in [-0.2, 0) is 11.2 Å². The number of benzene rings is 2. The molecule has 0 aliphatic rings. The van der Waals surface area contributed by atoms with Crippen LogP contribution in [0.25, 0.3) is 22.1 Å². The molecule has 1 aromatic heterocycles. The van der Waals surface area contributed by atoms with E-state index in [0.29, 0.717) is 34.3 Å². The summed E-state index contributed by atoms with van der Waals surface area (Å²) in [7, 11) is 0. The van der Waals surface area contributed by atoms with Gasteiger partial charge >= 0.3 is 5.97 Å². The Bertz CT molecular complexity index is 971. The van der Waals surface area contributed by atoms with Crippen molar-refractivity contribution in [2.24, 2.45) is 0 Å².